The summed E-state index contributed by atoms with van der Waals surface area (Å²) >= 11 is 0. The summed E-state index contributed by atoms with van der Waals surface area (Å²) in [6.07, 6.45) is -1.01. The summed E-state index contributed by atoms with van der Waals surface area (Å²) < 4.78 is 48.0. The lowest BCUT2D eigenvalue weighted by atomic mass is 10.3. The van der Waals surface area contributed by atoms with Crippen molar-refractivity contribution in [1.29, 1.82) is 0 Å². The van der Waals surface area contributed by atoms with E-state index in [1.165, 1.54) is 6.92 Å². The van der Waals surface area contributed by atoms with Crippen molar-refractivity contribution >= 4 is 5.97 Å². The van der Waals surface area contributed by atoms with Crippen LogP contribution in [0.2, 0.25) is 0 Å². The van der Waals surface area contributed by atoms with Gasteiger partial charge in [0.25, 0.3) is 0 Å². The van der Waals surface area contributed by atoms with Gasteiger partial charge >= 0.3 is 5.97 Å². The third-order valence-corrected chi connectivity index (χ3v) is 4.48. The zero-order valence-electron chi connectivity index (χ0n) is 24.1. The fourth-order valence-electron chi connectivity index (χ4n) is 2.48. The van der Waals surface area contributed by atoms with Gasteiger partial charge in [-0.3, -0.25) is 0 Å². The fourth-order valence-corrected chi connectivity index (χ4v) is 2.48. The Hall–Kier alpha value is -2.17. The molecule has 0 heterocycles. The van der Waals surface area contributed by atoms with Crippen molar-refractivity contribution in [3.05, 3.63) is 42.5 Å². The normalized spacial score (nSPS) is 11.5. The topological polar surface area (TPSA) is 161 Å². The van der Waals surface area contributed by atoms with Gasteiger partial charge in [-0.05, 0) is 19.1 Å². The van der Waals surface area contributed by atoms with Crippen LogP contribution >= 0.6 is 0 Å². The summed E-state index contributed by atoms with van der Waals surface area (Å²) in [5.41, 5.74) is 0.176. The van der Waals surface area contributed by atoms with Crippen molar-refractivity contribution < 1.29 is 62.7 Å². The van der Waals surface area contributed by atoms with Crippen LogP contribution in [0.1, 0.15) is 6.92 Å². The molecule has 238 valence electrons. The molecule has 1 atom stereocenters. The molecule has 13 nitrogen and oxygen atoms in total. The molecule has 0 saturated carbocycles. The number of aliphatic carboxylic acids is 1. The molecular formula is C28H48O13. The average Bonchev–Trinajstić information content (AvgIpc) is 2.96. The van der Waals surface area contributed by atoms with Gasteiger partial charge in [0, 0.05) is 5.57 Å². The lowest BCUT2D eigenvalue weighted by Gasteiger charge is -2.13. The lowest BCUT2D eigenvalue weighted by molar-refractivity contribution is -0.132. The van der Waals surface area contributed by atoms with Crippen LogP contribution in [0, 0.1) is 0 Å². The number of aliphatic hydroxyl groups is 2. The van der Waals surface area contributed by atoms with Gasteiger partial charge in [-0.25, -0.2) is 4.79 Å². The number of carboxylic acids is 1. The van der Waals surface area contributed by atoms with E-state index in [1.54, 1.807) is 12.1 Å². The summed E-state index contributed by atoms with van der Waals surface area (Å²) in [4.78, 5) is 9.60. The van der Waals surface area contributed by atoms with Crippen LogP contribution in [0.15, 0.2) is 42.5 Å². The molecule has 0 fully saturated rings. The van der Waals surface area contributed by atoms with Crippen LogP contribution in [0.5, 0.6) is 5.75 Å². The van der Waals surface area contributed by atoms with Gasteiger partial charge in [-0.1, -0.05) is 24.8 Å². The van der Waals surface area contributed by atoms with Crippen molar-refractivity contribution in [3.63, 3.8) is 0 Å². The maximum atomic E-state index is 9.73. The minimum absolute atomic E-state index is 0.0239. The second kappa shape index (κ2) is 30.8. The van der Waals surface area contributed by atoms with E-state index in [0.717, 1.165) is 0 Å². The number of carboxylic acid groups (broad SMARTS) is 1. The third kappa shape index (κ3) is 30.6. The van der Waals surface area contributed by atoms with E-state index in [1.807, 2.05) is 18.2 Å². The van der Waals surface area contributed by atoms with Crippen LogP contribution < -0.4 is 4.74 Å². The molecule has 0 saturated heterocycles. The number of rotatable bonds is 28. The van der Waals surface area contributed by atoms with Crippen molar-refractivity contribution in [3.8, 4) is 5.75 Å². The van der Waals surface area contributed by atoms with E-state index >= 15 is 0 Å². The van der Waals surface area contributed by atoms with Crippen molar-refractivity contribution in [2.24, 2.45) is 0 Å². The fraction of sp³-hybridized carbons (Fsp3) is 0.679. The predicted octanol–water partition coefficient (Wildman–Crippen LogP) is 1.16. The number of ether oxygens (including phenoxy) is 9. The lowest BCUT2D eigenvalue weighted by Crippen LogP contribution is -2.23. The Morgan fingerprint density at radius 3 is 1.29 bits per heavy atom. The van der Waals surface area contributed by atoms with Gasteiger partial charge in [0.1, 0.15) is 12.4 Å². The summed E-state index contributed by atoms with van der Waals surface area (Å²) in [5, 5.41) is 26.2. The first-order valence-corrected chi connectivity index (χ1v) is 13.5. The Labute approximate surface area is 242 Å². The van der Waals surface area contributed by atoms with E-state index in [4.69, 9.17) is 52.8 Å². The van der Waals surface area contributed by atoms with Crippen LogP contribution in [0.3, 0.4) is 0 Å². The first-order valence-electron chi connectivity index (χ1n) is 13.5. The Kier molecular flexibility index (Phi) is 29.2. The number of hydrogen-bond acceptors (Lipinski definition) is 12. The second-order valence-electron chi connectivity index (χ2n) is 8.06. The van der Waals surface area contributed by atoms with Crippen LogP contribution in [-0.2, 0) is 42.7 Å². The highest BCUT2D eigenvalue weighted by Gasteiger charge is 2.05. The molecule has 0 amide bonds. The zero-order valence-corrected chi connectivity index (χ0v) is 24.1. The van der Waals surface area contributed by atoms with Crippen LogP contribution in [0.4, 0.5) is 0 Å². The molecule has 0 aliphatic carbocycles. The number of para-hydroxylation sites is 1. The predicted molar refractivity (Wildman–Crippen MR) is 149 cm³/mol. The molecule has 3 N–H and O–H groups in total. The smallest absolute Gasteiger partial charge is 0.330 e. The number of carbonyl (C=O) groups is 1. The van der Waals surface area contributed by atoms with Gasteiger partial charge < -0.3 is 58.0 Å². The van der Waals surface area contributed by atoms with Gasteiger partial charge in [0.15, 0.2) is 0 Å². The highest BCUT2D eigenvalue weighted by molar-refractivity contribution is 5.84. The second-order valence-corrected chi connectivity index (χ2v) is 8.06. The van der Waals surface area contributed by atoms with Crippen molar-refractivity contribution in [2.75, 3.05) is 112 Å². The molecular weight excluding hydrogens is 544 g/mol. The number of benzene rings is 1. The molecule has 0 bridgehead atoms. The summed E-state index contributed by atoms with van der Waals surface area (Å²) in [7, 11) is 0. The largest absolute Gasteiger partial charge is 0.478 e. The summed E-state index contributed by atoms with van der Waals surface area (Å²) in [6, 6.07) is 9.08. The Morgan fingerprint density at radius 1 is 0.659 bits per heavy atom. The molecule has 41 heavy (non-hydrogen) atoms. The standard InChI is InChI=1S/C24H42O11.C4H6O2/c25-6-7-27-8-9-28-10-11-29-12-13-30-14-15-31-16-17-32-18-19-33-20-21-34-22-24(26)35-23-4-2-1-3-5-23;1-3(2)4(5)6/h1-5,24-26H,6-22H2;1H2,2H3,(H,5,6). The molecule has 0 radical (unpaired) electrons. The van der Waals surface area contributed by atoms with Crippen LogP contribution in [-0.4, -0.2) is 140 Å². The first kappa shape index (κ1) is 38.8. The monoisotopic (exact) mass is 592 g/mol. The Bertz CT molecular complexity index is 693. The molecule has 0 aliphatic heterocycles. The molecule has 0 aromatic heterocycles. The first-order chi connectivity index (χ1) is 20.0. The van der Waals surface area contributed by atoms with Crippen molar-refractivity contribution in [1.82, 2.24) is 0 Å². The third-order valence-electron chi connectivity index (χ3n) is 4.48. The van der Waals surface area contributed by atoms with E-state index in [-0.39, 0.29) is 18.8 Å². The maximum absolute atomic E-state index is 9.73. The van der Waals surface area contributed by atoms with E-state index in [2.05, 4.69) is 6.58 Å². The molecule has 1 rings (SSSR count). The van der Waals surface area contributed by atoms with Gasteiger partial charge in [0.2, 0.25) is 6.29 Å². The van der Waals surface area contributed by atoms with Gasteiger partial charge in [0.05, 0.1) is 106 Å². The van der Waals surface area contributed by atoms with E-state index < -0.39 is 12.3 Å². The SMILES string of the molecule is C=C(C)C(=O)O.OCCOCCOCCOCCOCCOCCOCCOCCOCC(O)Oc1ccccc1. The molecule has 1 aromatic carbocycles. The quantitative estimate of drug-likeness (QED) is 0.0723. The highest BCUT2D eigenvalue weighted by atomic mass is 16.6. The molecule has 1 unspecified atom stereocenters. The average molecular weight is 593 g/mol. The van der Waals surface area contributed by atoms with Crippen LogP contribution in [0.25, 0.3) is 0 Å². The van der Waals surface area contributed by atoms with E-state index in [0.29, 0.717) is 105 Å². The minimum Gasteiger partial charge on any atom is -0.478 e. The molecule has 0 aliphatic rings. The molecule has 0 spiro atoms. The van der Waals surface area contributed by atoms with E-state index in [9.17, 15) is 9.90 Å². The molecule has 1 aromatic rings. The number of hydrogen-bond donors (Lipinski definition) is 3. The minimum atomic E-state index is -1.01. The van der Waals surface area contributed by atoms with Gasteiger partial charge in [-0.15, -0.1) is 0 Å². The van der Waals surface area contributed by atoms with Crippen molar-refractivity contribution in [2.45, 2.75) is 13.2 Å². The maximum Gasteiger partial charge on any atom is 0.330 e. The Morgan fingerprint density at radius 2 is 0.976 bits per heavy atom. The summed E-state index contributed by atoms with van der Waals surface area (Å²) in [6.45, 7) is 11.6. The molecule has 13 heteroatoms. The number of aliphatic hydroxyl groups excluding tert-OH is 2. The Balaban J connectivity index is 0.00000239. The van der Waals surface area contributed by atoms with Gasteiger partial charge in [-0.2, -0.15) is 0 Å². The zero-order chi connectivity index (χ0) is 30.2. The summed E-state index contributed by atoms with van der Waals surface area (Å²) in [5.74, 6) is -0.343. The highest BCUT2D eigenvalue weighted by Crippen LogP contribution is 2.09.